The topological polar surface area (TPSA) is 85.1 Å². The van der Waals surface area contributed by atoms with Gasteiger partial charge in [-0.2, -0.15) is 0 Å². The Hall–Kier alpha value is -3.20. The van der Waals surface area contributed by atoms with Crippen LogP contribution in [0.25, 0.3) is 0 Å². The van der Waals surface area contributed by atoms with Crippen LogP contribution in [0.4, 0.5) is 19.3 Å². The van der Waals surface area contributed by atoms with Crippen LogP contribution in [0.2, 0.25) is 0 Å². The molecule has 0 aromatic heterocycles. The van der Waals surface area contributed by atoms with Crippen LogP contribution in [0.3, 0.4) is 0 Å². The zero-order chi connectivity index (χ0) is 22.4. The molecular weight excluding hydrogens is 408 g/mol. The van der Waals surface area contributed by atoms with E-state index in [-0.39, 0.29) is 37.5 Å². The third-order valence-corrected chi connectivity index (χ3v) is 5.17. The number of hydrogen-bond donors (Lipinski definition) is 1. The molecule has 0 saturated carbocycles. The molecule has 1 atom stereocenters. The quantitative estimate of drug-likeness (QED) is 0.556. The molecule has 31 heavy (non-hydrogen) atoms. The molecule has 0 bridgehead atoms. The average Bonchev–Trinajstić information content (AvgIpc) is 2.77. The summed E-state index contributed by atoms with van der Waals surface area (Å²) in [7, 11) is 1.25. The first-order valence-corrected chi connectivity index (χ1v) is 9.84. The number of rotatable bonds is 6. The predicted molar refractivity (Wildman–Crippen MR) is 111 cm³/mol. The fourth-order valence-corrected chi connectivity index (χ4v) is 3.59. The smallest absolute Gasteiger partial charge is 0.410 e. The van der Waals surface area contributed by atoms with Gasteiger partial charge in [-0.05, 0) is 23.3 Å². The fraction of sp³-hybridized carbons (Fsp3) is 0.364. The fourth-order valence-electron chi connectivity index (χ4n) is 3.59. The van der Waals surface area contributed by atoms with E-state index < -0.39 is 24.5 Å². The maximum atomic E-state index is 12.9. The lowest BCUT2D eigenvalue weighted by Crippen LogP contribution is -2.51. The van der Waals surface area contributed by atoms with Gasteiger partial charge in [0.2, 0.25) is 0 Å². The number of amides is 1. The van der Waals surface area contributed by atoms with E-state index in [9.17, 15) is 18.4 Å². The predicted octanol–water partition coefficient (Wildman–Crippen LogP) is 3.32. The van der Waals surface area contributed by atoms with Gasteiger partial charge in [0.15, 0.2) is 0 Å². The van der Waals surface area contributed by atoms with Gasteiger partial charge in [-0.3, -0.25) is 9.80 Å². The Labute approximate surface area is 179 Å². The summed E-state index contributed by atoms with van der Waals surface area (Å²) in [6, 6.07) is 13.4. The Balaban J connectivity index is 1.80. The first-order valence-electron chi connectivity index (χ1n) is 9.84. The molecule has 2 aromatic rings. The summed E-state index contributed by atoms with van der Waals surface area (Å²) in [6.45, 7) is 0.439. The van der Waals surface area contributed by atoms with E-state index in [1.165, 1.54) is 18.1 Å². The monoisotopic (exact) mass is 433 g/mol. The number of anilines is 1. The zero-order valence-corrected chi connectivity index (χ0v) is 17.2. The van der Waals surface area contributed by atoms with Gasteiger partial charge in [-0.15, -0.1) is 0 Å². The lowest BCUT2D eigenvalue weighted by Gasteiger charge is -2.41. The number of halogens is 2. The van der Waals surface area contributed by atoms with Crippen LogP contribution in [-0.4, -0.2) is 61.6 Å². The van der Waals surface area contributed by atoms with Crippen LogP contribution in [-0.2, 0) is 16.1 Å². The molecule has 9 heteroatoms. The first kappa shape index (κ1) is 22.5. The van der Waals surface area contributed by atoms with Crippen molar-refractivity contribution in [2.24, 2.45) is 0 Å². The molecule has 7 nitrogen and oxygen atoms in total. The average molecular weight is 433 g/mol. The van der Waals surface area contributed by atoms with Crippen molar-refractivity contribution < 1.29 is 27.8 Å². The number of carbonyl (C=O) groups excluding carboxylic acids is 2. The number of nitrogens with two attached hydrogens (primary N) is 1. The lowest BCUT2D eigenvalue weighted by atomic mass is 9.99. The minimum absolute atomic E-state index is 0.104. The molecule has 0 radical (unpaired) electrons. The van der Waals surface area contributed by atoms with Crippen molar-refractivity contribution in [2.75, 3.05) is 39.0 Å². The van der Waals surface area contributed by atoms with E-state index in [4.69, 9.17) is 15.2 Å². The highest BCUT2D eigenvalue weighted by Gasteiger charge is 2.34. The van der Waals surface area contributed by atoms with Crippen LogP contribution in [0.1, 0.15) is 27.5 Å². The van der Waals surface area contributed by atoms with Gasteiger partial charge in [0, 0.05) is 25.3 Å². The van der Waals surface area contributed by atoms with E-state index in [2.05, 4.69) is 0 Å². The zero-order valence-electron chi connectivity index (χ0n) is 17.2. The molecule has 0 spiro atoms. The van der Waals surface area contributed by atoms with Crippen LogP contribution < -0.4 is 5.73 Å². The van der Waals surface area contributed by atoms with Crippen LogP contribution >= 0.6 is 0 Å². The highest BCUT2D eigenvalue weighted by atomic mass is 19.3. The number of hydrogen-bond acceptors (Lipinski definition) is 6. The standard InChI is InChI=1S/C22H25F2N3O4/c1-30-21(28)17-8-7-16(11-18(17)25)19-12-26(13-20(23)24)9-10-27(19)22(29)31-14-15-5-3-2-4-6-15/h2-8,11,19-20H,9-10,12-14,25H2,1H3. The molecule has 1 amide bonds. The Kier molecular flexibility index (Phi) is 7.41. The minimum atomic E-state index is -2.48. The van der Waals surface area contributed by atoms with Gasteiger partial charge >= 0.3 is 12.1 Å². The third kappa shape index (κ3) is 5.69. The van der Waals surface area contributed by atoms with Gasteiger partial charge < -0.3 is 15.2 Å². The highest BCUT2D eigenvalue weighted by molar-refractivity contribution is 5.95. The van der Waals surface area contributed by atoms with Crippen LogP contribution in [0.15, 0.2) is 48.5 Å². The minimum Gasteiger partial charge on any atom is -0.465 e. The molecule has 3 rings (SSSR count). The van der Waals surface area contributed by atoms with Crippen molar-refractivity contribution in [2.45, 2.75) is 19.1 Å². The highest BCUT2D eigenvalue weighted by Crippen LogP contribution is 2.29. The molecule has 166 valence electrons. The Morgan fingerprint density at radius 1 is 1.16 bits per heavy atom. The summed E-state index contributed by atoms with van der Waals surface area (Å²) < 4.78 is 36.0. The van der Waals surface area contributed by atoms with Gasteiger partial charge in [0.05, 0.1) is 25.3 Å². The number of esters is 1. The van der Waals surface area contributed by atoms with Gasteiger partial charge in [-0.1, -0.05) is 36.4 Å². The number of ether oxygens (including phenoxy) is 2. The number of nitrogen functional groups attached to an aromatic ring is 1. The molecule has 1 unspecified atom stereocenters. The second-order valence-electron chi connectivity index (χ2n) is 7.24. The van der Waals surface area contributed by atoms with Crippen LogP contribution in [0.5, 0.6) is 0 Å². The maximum Gasteiger partial charge on any atom is 0.410 e. The van der Waals surface area contributed by atoms with E-state index in [0.29, 0.717) is 12.1 Å². The van der Waals surface area contributed by atoms with Crippen molar-refractivity contribution in [1.29, 1.82) is 0 Å². The van der Waals surface area contributed by atoms with E-state index in [1.807, 2.05) is 30.3 Å². The van der Waals surface area contributed by atoms with Gasteiger partial charge in [0.1, 0.15) is 6.61 Å². The molecule has 1 aliphatic heterocycles. The molecule has 2 N–H and O–H groups in total. The summed E-state index contributed by atoms with van der Waals surface area (Å²) in [4.78, 5) is 27.7. The summed E-state index contributed by atoms with van der Waals surface area (Å²) in [6.07, 6.45) is -3.02. The van der Waals surface area contributed by atoms with Crippen molar-refractivity contribution >= 4 is 17.7 Å². The third-order valence-electron chi connectivity index (χ3n) is 5.17. The van der Waals surface area contributed by atoms with E-state index >= 15 is 0 Å². The number of methoxy groups -OCH3 is 1. The molecule has 1 aliphatic rings. The number of piperazine rings is 1. The van der Waals surface area contributed by atoms with Gasteiger partial charge in [0.25, 0.3) is 6.43 Å². The Bertz CT molecular complexity index is 911. The molecular formula is C22H25F2N3O4. The van der Waals surface area contributed by atoms with Crippen molar-refractivity contribution in [1.82, 2.24) is 9.80 Å². The Morgan fingerprint density at radius 3 is 2.55 bits per heavy atom. The van der Waals surface area contributed by atoms with Gasteiger partial charge in [-0.25, -0.2) is 18.4 Å². The first-order chi connectivity index (χ1) is 14.9. The number of benzene rings is 2. The molecule has 0 aliphatic carbocycles. The van der Waals surface area contributed by atoms with Crippen molar-refractivity contribution in [3.8, 4) is 0 Å². The largest absolute Gasteiger partial charge is 0.465 e. The van der Waals surface area contributed by atoms with Crippen molar-refractivity contribution in [3.63, 3.8) is 0 Å². The molecule has 1 fully saturated rings. The summed E-state index contributed by atoms with van der Waals surface area (Å²) in [5, 5.41) is 0. The molecule has 2 aromatic carbocycles. The summed E-state index contributed by atoms with van der Waals surface area (Å²) in [5.74, 6) is -0.578. The number of carbonyl (C=O) groups is 2. The number of nitrogens with zero attached hydrogens (tertiary/aromatic N) is 2. The lowest BCUT2D eigenvalue weighted by molar-refractivity contribution is 0.0188. The SMILES string of the molecule is COC(=O)c1ccc(C2CN(CC(F)F)CCN2C(=O)OCc2ccccc2)cc1N. The summed E-state index contributed by atoms with van der Waals surface area (Å²) in [5.41, 5.74) is 7.86. The Morgan fingerprint density at radius 2 is 1.90 bits per heavy atom. The second kappa shape index (κ2) is 10.2. The number of alkyl halides is 2. The van der Waals surface area contributed by atoms with Crippen LogP contribution in [0, 0.1) is 0 Å². The maximum absolute atomic E-state index is 12.9. The molecule has 1 heterocycles. The second-order valence-corrected chi connectivity index (χ2v) is 7.24. The molecule has 1 saturated heterocycles. The van der Waals surface area contributed by atoms with E-state index in [0.717, 1.165) is 5.56 Å². The normalized spacial score (nSPS) is 16.9. The van der Waals surface area contributed by atoms with Crippen molar-refractivity contribution in [3.05, 3.63) is 65.2 Å². The van der Waals surface area contributed by atoms with E-state index in [1.54, 1.807) is 17.0 Å². The summed E-state index contributed by atoms with van der Waals surface area (Å²) >= 11 is 0.